The van der Waals surface area contributed by atoms with Crippen molar-refractivity contribution in [2.24, 2.45) is 0 Å². The van der Waals surface area contributed by atoms with Crippen molar-refractivity contribution in [3.63, 3.8) is 0 Å². The van der Waals surface area contributed by atoms with Crippen LogP contribution in [0.3, 0.4) is 0 Å². The zero-order valence-corrected chi connectivity index (χ0v) is 11.4. The fraction of sp³-hybridized carbons (Fsp3) is 1.00. The van der Waals surface area contributed by atoms with Gasteiger partial charge in [0.1, 0.15) is 0 Å². The van der Waals surface area contributed by atoms with Gasteiger partial charge in [-0.25, -0.2) is 8.42 Å². The molecular formula is C11H24N2O2S. The van der Waals surface area contributed by atoms with E-state index in [9.17, 15) is 8.42 Å². The van der Waals surface area contributed by atoms with E-state index in [2.05, 4.69) is 12.2 Å². The lowest BCUT2D eigenvalue weighted by atomic mass is 9.99. The monoisotopic (exact) mass is 248 g/mol. The molecule has 0 amide bonds. The average molecular weight is 248 g/mol. The molecule has 0 aromatic heterocycles. The van der Waals surface area contributed by atoms with Crippen LogP contribution in [0.1, 0.15) is 39.5 Å². The van der Waals surface area contributed by atoms with E-state index in [0.717, 1.165) is 19.3 Å². The maximum atomic E-state index is 12.1. The maximum Gasteiger partial charge on any atom is 0.214 e. The third-order valence-corrected chi connectivity index (χ3v) is 5.44. The summed E-state index contributed by atoms with van der Waals surface area (Å²) in [6.07, 6.45) is 3.80. The van der Waals surface area contributed by atoms with E-state index in [1.54, 1.807) is 4.31 Å². The normalized spacial score (nSPS) is 25.6. The Kier molecular flexibility index (Phi) is 5.21. The molecule has 1 fully saturated rings. The molecule has 0 aliphatic carbocycles. The summed E-state index contributed by atoms with van der Waals surface area (Å²) in [5.41, 5.74) is 0. The van der Waals surface area contributed by atoms with E-state index >= 15 is 0 Å². The Hall–Kier alpha value is -0.130. The summed E-state index contributed by atoms with van der Waals surface area (Å²) in [5, 5.41) is 3.17. The summed E-state index contributed by atoms with van der Waals surface area (Å²) >= 11 is 0. The van der Waals surface area contributed by atoms with Gasteiger partial charge in [0.25, 0.3) is 0 Å². The smallest absolute Gasteiger partial charge is 0.214 e. The third-order valence-electron chi connectivity index (χ3n) is 3.35. The van der Waals surface area contributed by atoms with Crippen molar-refractivity contribution in [1.82, 2.24) is 9.62 Å². The molecule has 1 N–H and O–H groups in total. The van der Waals surface area contributed by atoms with Gasteiger partial charge in [0.2, 0.25) is 10.0 Å². The molecule has 0 saturated carbocycles. The summed E-state index contributed by atoms with van der Waals surface area (Å²) in [6.45, 7) is 4.67. The number of sulfonamides is 1. The van der Waals surface area contributed by atoms with Crippen LogP contribution in [0.4, 0.5) is 0 Å². The minimum absolute atomic E-state index is 0.135. The number of piperidine rings is 1. The second kappa shape index (κ2) is 5.98. The molecule has 0 aromatic carbocycles. The van der Waals surface area contributed by atoms with E-state index < -0.39 is 10.0 Å². The number of hydrogen-bond acceptors (Lipinski definition) is 3. The van der Waals surface area contributed by atoms with Gasteiger partial charge in [-0.3, -0.25) is 0 Å². The summed E-state index contributed by atoms with van der Waals surface area (Å²) in [5.74, 6) is 0.278. The maximum absolute atomic E-state index is 12.1. The lowest BCUT2D eigenvalue weighted by Crippen LogP contribution is -2.52. The van der Waals surface area contributed by atoms with E-state index in [0.29, 0.717) is 13.0 Å². The molecule has 1 heterocycles. The first-order valence-electron chi connectivity index (χ1n) is 6.19. The van der Waals surface area contributed by atoms with Gasteiger partial charge in [-0.1, -0.05) is 13.3 Å². The van der Waals surface area contributed by atoms with Gasteiger partial charge < -0.3 is 5.32 Å². The molecule has 0 aromatic rings. The van der Waals surface area contributed by atoms with E-state index in [-0.39, 0.29) is 17.8 Å². The highest BCUT2D eigenvalue weighted by Gasteiger charge is 2.34. The largest absolute Gasteiger partial charge is 0.316 e. The molecule has 1 aliphatic heterocycles. The van der Waals surface area contributed by atoms with Crippen molar-refractivity contribution < 1.29 is 8.42 Å². The first kappa shape index (κ1) is 13.9. The molecule has 1 aliphatic rings. The van der Waals surface area contributed by atoms with Crippen molar-refractivity contribution in [3.8, 4) is 0 Å². The minimum atomic E-state index is -3.04. The van der Waals surface area contributed by atoms with Crippen LogP contribution >= 0.6 is 0 Å². The highest BCUT2D eigenvalue weighted by molar-refractivity contribution is 7.89. The molecule has 96 valence electrons. The minimum Gasteiger partial charge on any atom is -0.316 e. The lowest BCUT2D eigenvalue weighted by Gasteiger charge is -2.38. The van der Waals surface area contributed by atoms with Crippen LogP contribution in [0.2, 0.25) is 0 Å². The average Bonchev–Trinajstić information content (AvgIpc) is 2.28. The highest BCUT2D eigenvalue weighted by Crippen LogP contribution is 2.23. The van der Waals surface area contributed by atoms with Crippen molar-refractivity contribution >= 4 is 10.0 Å². The van der Waals surface area contributed by atoms with Gasteiger partial charge in [-0.05, 0) is 33.2 Å². The standard InChI is InChI=1S/C11H24N2O2S/c1-4-9-16(14,15)13-8-6-5-7-11(13)10(2)12-3/h10-12H,4-9H2,1-3H3. The second-order valence-corrected chi connectivity index (χ2v) is 6.61. The molecular weight excluding hydrogens is 224 g/mol. The van der Waals surface area contributed by atoms with Crippen molar-refractivity contribution in [2.75, 3.05) is 19.3 Å². The van der Waals surface area contributed by atoms with Gasteiger partial charge in [0, 0.05) is 18.6 Å². The SMILES string of the molecule is CCCS(=O)(=O)N1CCCCC1C(C)NC. The Morgan fingerprint density at radius 1 is 1.44 bits per heavy atom. The first-order chi connectivity index (χ1) is 7.53. The predicted octanol–water partition coefficient (Wildman–Crippen LogP) is 1.19. The van der Waals surface area contributed by atoms with Crippen LogP contribution in [0, 0.1) is 0 Å². The number of hydrogen-bond donors (Lipinski definition) is 1. The van der Waals surface area contributed by atoms with Crippen LogP contribution in [0.5, 0.6) is 0 Å². The molecule has 1 rings (SSSR count). The van der Waals surface area contributed by atoms with Gasteiger partial charge in [-0.2, -0.15) is 4.31 Å². The summed E-state index contributed by atoms with van der Waals surface area (Å²) in [7, 11) is -1.15. The van der Waals surface area contributed by atoms with Gasteiger partial charge in [0.15, 0.2) is 0 Å². The van der Waals surface area contributed by atoms with Crippen LogP contribution in [0.15, 0.2) is 0 Å². The van der Waals surface area contributed by atoms with Crippen molar-refractivity contribution in [2.45, 2.75) is 51.6 Å². The molecule has 1 saturated heterocycles. The fourth-order valence-corrected chi connectivity index (χ4v) is 4.20. The Morgan fingerprint density at radius 2 is 2.12 bits per heavy atom. The van der Waals surface area contributed by atoms with Crippen molar-refractivity contribution in [1.29, 1.82) is 0 Å². The zero-order valence-electron chi connectivity index (χ0n) is 10.6. The third kappa shape index (κ3) is 3.18. The topological polar surface area (TPSA) is 49.4 Å². The van der Waals surface area contributed by atoms with E-state index in [4.69, 9.17) is 0 Å². The molecule has 5 heteroatoms. The van der Waals surface area contributed by atoms with Gasteiger partial charge in [0.05, 0.1) is 5.75 Å². The Morgan fingerprint density at radius 3 is 2.69 bits per heavy atom. The summed E-state index contributed by atoms with van der Waals surface area (Å²) in [6, 6.07) is 0.363. The molecule has 4 nitrogen and oxygen atoms in total. The van der Waals surface area contributed by atoms with Crippen molar-refractivity contribution in [3.05, 3.63) is 0 Å². The number of likely N-dealkylation sites (N-methyl/N-ethyl adjacent to an activating group) is 1. The molecule has 0 bridgehead atoms. The van der Waals surface area contributed by atoms with Crippen LogP contribution in [-0.4, -0.2) is 44.2 Å². The second-order valence-electron chi connectivity index (χ2n) is 4.57. The molecule has 0 spiro atoms. The Bertz CT molecular complexity index is 303. The van der Waals surface area contributed by atoms with E-state index in [1.807, 2.05) is 14.0 Å². The van der Waals surface area contributed by atoms with Crippen LogP contribution in [-0.2, 0) is 10.0 Å². The Labute approximate surface area is 99.5 Å². The molecule has 2 unspecified atom stereocenters. The van der Waals surface area contributed by atoms with Gasteiger partial charge in [-0.15, -0.1) is 0 Å². The quantitative estimate of drug-likeness (QED) is 0.795. The molecule has 16 heavy (non-hydrogen) atoms. The van der Waals surface area contributed by atoms with Crippen LogP contribution in [0.25, 0.3) is 0 Å². The fourth-order valence-electron chi connectivity index (χ4n) is 2.34. The number of nitrogens with one attached hydrogen (secondary N) is 1. The van der Waals surface area contributed by atoms with E-state index in [1.165, 1.54) is 0 Å². The lowest BCUT2D eigenvalue weighted by molar-refractivity contribution is 0.213. The highest BCUT2D eigenvalue weighted by atomic mass is 32.2. The summed E-state index contributed by atoms with van der Waals surface area (Å²) < 4.78 is 26.0. The van der Waals surface area contributed by atoms with Crippen LogP contribution < -0.4 is 5.32 Å². The summed E-state index contributed by atoms with van der Waals surface area (Å²) in [4.78, 5) is 0. The zero-order chi connectivity index (χ0) is 12.2. The van der Waals surface area contributed by atoms with Gasteiger partial charge >= 0.3 is 0 Å². The first-order valence-corrected chi connectivity index (χ1v) is 7.80. The number of rotatable bonds is 5. The molecule has 2 atom stereocenters. The Balaban J connectivity index is 2.81. The predicted molar refractivity (Wildman–Crippen MR) is 66.9 cm³/mol. The number of nitrogens with zero attached hydrogens (tertiary/aromatic N) is 1. The molecule has 0 radical (unpaired) electrons.